The lowest BCUT2D eigenvalue weighted by Crippen LogP contribution is -2.60. The molecule has 1 N–H and O–H groups in total. The first-order valence-corrected chi connectivity index (χ1v) is 6.66. The second kappa shape index (κ2) is 5.43. The Morgan fingerprint density at radius 3 is 2.14 bits per heavy atom. The Labute approximate surface area is 121 Å². The highest BCUT2D eigenvalue weighted by Crippen LogP contribution is 2.50. The van der Waals surface area contributed by atoms with Crippen LogP contribution < -0.4 is 0 Å². The normalized spacial score (nSPS) is 25.5. The standard InChI is InChI=1S/C13H14F6O3/c14-12(15,16)11(5-10(20)21,13(17,18)19)22-6-9-4-7-1-2-8(9)3-7/h4,7-8H,1-3,5-6H2,(H,20,21). The Kier molecular flexibility index (Phi) is 4.23. The van der Waals surface area contributed by atoms with Gasteiger partial charge in [0.1, 0.15) is 0 Å². The van der Waals surface area contributed by atoms with Crippen LogP contribution >= 0.6 is 0 Å². The largest absolute Gasteiger partial charge is 0.481 e. The zero-order valence-electron chi connectivity index (χ0n) is 11.3. The van der Waals surface area contributed by atoms with Crippen molar-refractivity contribution < 1.29 is 41.0 Å². The van der Waals surface area contributed by atoms with Crippen LogP contribution in [0, 0.1) is 11.8 Å². The molecule has 2 bridgehead atoms. The first kappa shape index (κ1) is 17.1. The number of rotatable bonds is 5. The van der Waals surface area contributed by atoms with Gasteiger partial charge in [-0.2, -0.15) is 26.3 Å². The summed E-state index contributed by atoms with van der Waals surface area (Å²) in [6.07, 6.45) is -10.0. The average Bonchev–Trinajstić information content (AvgIpc) is 2.92. The molecular weight excluding hydrogens is 318 g/mol. The van der Waals surface area contributed by atoms with Crippen LogP contribution in [0.1, 0.15) is 25.7 Å². The number of ether oxygens (including phenoxy) is 1. The van der Waals surface area contributed by atoms with Crippen LogP contribution in [0.2, 0.25) is 0 Å². The van der Waals surface area contributed by atoms with Crippen LogP contribution in [0.25, 0.3) is 0 Å². The molecule has 0 radical (unpaired) electrons. The number of aliphatic carboxylic acids is 1. The highest BCUT2D eigenvalue weighted by atomic mass is 19.4. The van der Waals surface area contributed by atoms with Gasteiger partial charge in [0.2, 0.25) is 0 Å². The maximum absolute atomic E-state index is 13.0. The Balaban J connectivity index is 2.24. The molecule has 9 heteroatoms. The predicted molar refractivity (Wildman–Crippen MR) is 62.0 cm³/mol. The lowest BCUT2D eigenvalue weighted by Gasteiger charge is -2.36. The number of fused-ring (bicyclic) bond motifs is 2. The van der Waals surface area contributed by atoms with Crippen molar-refractivity contribution in [3.05, 3.63) is 11.6 Å². The summed E-state index contributed by atoms with van der Waals surface area (Å²) < 4.78 is 82.0. The summed E-state index contributed by atoms with van der Waals surface area (Å²) in [5.41, 5.74) is -4.28. The summed E-state index contributed by atoms with van der Waals surface area (Å²) in [5.74, 6) is -2.11. The van der Waals surface area contributed by atoms with E-state index in [-0.39, 0.29) is 11.8 Å². The van der Waals surface area contributed by atoms with E-state index in [9.17, 15) is 31.1 Å². The smallest absolute Gasteiger partial charge is 0.427 e. The summed E-state index contributed by atoms with van der Waals surface area (Å²) in [6, 6.07) is 0. The molecule has 3 nitrogen and oxygen atoms in total. The molecule has 0 spiro atoms. The van der Waals surface area contributed by atoms with Crippen molar-refractivity contribution >= 4 is 5.97 Å². The number of carboxylic acid groups (broad SMARTS) is 1. The number of hydrogen-bond acceptors (Lipinski definition) is 2. The van der Waals surface area contributed by atoms with Crippen molar-refractivity contribution in [1.29, 1.82) is 0 Å². The first-order chi connectivity index (χ1) is 9.96. The summed E-state index contributed by atoms with van der Waals surface area (Å²) in [4.78, 5) is 10.5. The molecule has 0 aliphatic heterocycles. The van der Waals surface area contributed by atoms with Crippen molar-refractivity contribution in [1.82, 2.24) is 0 Å². The number of hydrogen-bond donors (Lipinski definition) is 1. The molecule has 22 heavy (non-hydrogen) atoms. The van der Waals surface area contributed by atoms with Crippen molar-refractivity contribution in [2.45, 2.75) is 43.6 Å². The van der Waals surface area contributed by atoms with Crippen LogP contribution in [-0.2, 0) is 9.53 Å². The molecule has 126 valence electrons. The topological polar surface area (TPSA) is 46.5 Å². The quantitative estimate of drug-likeness (QED) is 0.617. The molecule has 2 atom stereocenters. The van der Waals surface area contributed by atoms with Gasteiger partial charge in [0.15, 0.2) is 0 Å². The van der Waals surface area contributed by atoms with Gasteiger partial charge in [-0.05, 0) is 36.7 Å². The third-order valence-corrected chi connectivity index (χ3v) is 4.25. The van der Waals surface area contributed by atoms with E-state index in [1.54, 1.807) is 6.08 Å². The highest BCUT2D eigenvalue weighted by molar-refractivity contribution is 5.68. The van der Waals surface area contributed by atoms with Gasteiger partial charge >= 0.3 is 18.3 Å². The summed E-state index contributed by atoms with van der Waals surface area (Å²) in [7, 11) is 0. The van der Waals surface area contributed by atoms with Crippen molar-refractivity contribution in [2.75, 3.05) is 6.61 Å². The van der Waals surface area contributed by atoms with E-state index in [0.717, 1.165) is 6.42 Å². The fourth-order valence-corrected chi connectivity index (χ4v) is 3.10. The van der Waals surface area contributed by atoms with Crippen molar-refractivity contribution in [3.8, 4) is 0 Å². The maximum Gasteiger partial charge on any atom is 0.427 e. The molecule has 0 heterocycles. The third kappa shape index (κ3) is 2.95. The molecule has 0 aromatic rings. The number of carbonyl (C=O) groups is 1. The fraction of sp³-hybridized carbons (Fsp3) is 0.769. The van der Waals surface area contributed by atoms with E-state index >= 15 is 0 Å². The average molecular weight is 332 g/mol. The number of halogens is 6. The molecule has 0 saturated heterocycles. The second-order valence-corrected chi connectivity index (χ2v) is 5.69. The number of carboxylic acids is 1. The van der Waals surface area contributed by atoms with Gasteiger partial charge in [-0.15, -0.1) is 0 Å². The molecule has 2 rings (SSSR count). The highest BCUT2D eigenvalue weighted by Gasteiger charge is 2.73. The van der Waals surface area contributed by atoms with Crippen LogP contribution in [0.5, 0.6) is 0 Å². The predicted octanol–water partition coefficient (Wildman–Crippen LogP) is 3.70. The third-order valence-electron chi connectivity index (χ3n) is 4.25. The molecule has 0 aromatic heterocycles. The van der Waals surface area contributed by atoms with Gasteiger partial charge < -0.3 is 9.84 Å². The van der Waals surface area contributed by atoms with Crippen LogP contribution in [0.15, 0.2) is 11.6 Å². The van der Waals surface area contributed by atoms with E-state index in [4.69, 9.17) is 5.11 Å². The van der Waals surface area contributed by atoms with E-state index in [2.05, 4.69) is 4.74 Å². The summed E-state index contributed by atoms with van der Waals surface area (Å²) in [5, 5.41) is 8.48. The Hall–Kier alpha value is -1.25. The van der Waals surface area contributed by atoms with E-state index < -0.39 is 37.0 Å². The fourth-order valence-electron chi connectivity index (χ4n) is 3.10. The van der Waals surface area contributed by atoms with Gasteiger partial charge in [-0.25, -0.2) is 0 Å². The zero-order chi connectivity index (χ0) is 16.8. The monoisotopic (exact) mass is 332 g/mol. The van der Waals surface area contributed by atoms with Crippen molar-refractivity contribution in [3.63, 3.8) is 0 Å². The molecule has 2 unspecified atom stereocenters. The minimum atomic E-state index is -5.87. The van der Waals surface area contributed by atoms with Gasteiger partial charge in [0.25, 0.3) is 5.60 Å². The van der Waals surface area contributed by atoms with Crippen molar-refractivity contribution in [2.24, 2.45) is 11.8 Å². The van der Waals surface area contributed by atoms with E-state index in [1.165, 1.54) is 0 Å². The molecule has 1 fully saturated rings. The first-order valence-electron chi connectivity index (χ1n) is 6.66. The van der Waals surface area contributed by atoms with Crippen LogP contribution in [-0.4, -0.2) is 35.6 Å². The summed E-state index contributed by atoms with van der Waals surface area (Å²) in [6.45, 7) is -0.854. The molecular formula is C13H14F6O3. The minimum Gasteiger partial charge on any atom is -0.481 e. The molecule has 0 aromatic carbocycles. The molecule has 1 saturated carbocycles. The van der Waals surface area contributed by atoms with Crippen LogP contribution in [0.3, 0.4) is 0 Å². The second-order valence-electron chi connectivity index (χ2n) is 5.69. The molecule has 2 aliphatic rings. The lowest BCUT2D eigenvalue weighted by atomic mass is 9.96. The van der Waals surface area contributed by atoms with Gasteiger partial charge in [-0.3, -0.25) is 4.79 Å². The van der Waals surface area contributed by atoms with Gasteiger partial charge in [0.05, 0.1) is 13.0 Å². The zero-order valence-corrected chi connectivity index (χ0v) is 11.3. The Bertz CT molecular complexity index is 465. The van der Waals surface area contributed by atoms with Crippen LogP contribution in [0.4, 0.5) is 26.3 Å². The van der Waals surface area contributed by atoms with Gasteiger partial charge in [-0.1, -0.05) is 6.08 Å². The molecule has 2 aliphatic carbocycles. The number of alkyl halides is 6. The SMILES string of the molecule is O=C(O)CC(OCC1=CC2CCC1C2)(C(F)(F)F)C(F)(F)F. The van der Waals surface area contributed by atoms with E-state index in [1.807, 2.05) is 0 Å². The molecule has 0 amide bonds. The van der Waals surface area contributed by atoms with Gasteiger partial charge in [0, 0.05) is 0 Å². The van der Waals surface area contributed by atoms with E-state index in [0.29, 0.717) is 18.4 Å². The Morgan fingerprint density at radius 1 is 1.18 bits per heavy atom. The Morgan fingerprint density at radius 2 is 1.77 bits per heavy atom. The minimum absolute atomic E-state index is 0.0611. The number of allylic oxidation sites excluding steroid dienone is 1. The maximum atomic E-state index is 13.0. The summed E-state index contributed by atoms with van der Waals surface area (Å²) >= 11 is 0. The lowest BCUT2D eigenvalue weighted by molar-refractivity contribution is -0.379.